The monoisotopic (exact) mass is 426 g/mol. The lowest BCUT2D eigenvalue weighted by Gasteiger charge is -2.10. The summed E-state index contributed by atoms with van der Waals surface area (Å²) >= 11 is 1.20. The largest absolute Gasteiger partial charge is 0.289 e. The molecule has 0 aliphatic rings. The van der Waals surface area contributed by atoms with Crippen LogP contribution in [0, 0.1) is 10.1 Å². The summed E-state index contributed by atoms with van der Waals surface area (Å²) in [6, 6.07) is 17.5. The SMILES string of the molecule is O=[N+]([O-])c1ccccc1S(=O)(=O)n1c(SCc2ccccn2)nc2ccccc21. The van der Waals surface area contributed by atoms with Gasteiger partial charge in [-0.2, -0.15) is 0 Å². The van der Waals surface area contributed by atoms with Crippen LogP contribution >= 0.6 is 11.8 Å². The smallest absolute Gasteiger partial charge is 0.260 e. The molecular weight excluding hydrogens is 412 g/mol. The molecule has 8 nitrogen and oxygen atoms in total. The normalized spacial score (nSPS) is 11.6. The van der Waals surface area contributed by atoms with Crippen molar-refractivity contribution in [1.82, 2.24) is 13.9 Å². The van der Waals surface area contributed by atoms with Gasteiger partial charge in [0, 0.05) is 18.0 Å². The fourth-order valence-corrected chi connectivity index (χ4v) is 5.64. The van der Waals surface area contributed by atoms with Crippen molar-refractivity contribution in [1.29, 1.82) is 0 Å². The molecule has 2 aromatic carbocycles. The Kier molecular flexibility index (Phi) is 5.03. The highest BCUT2D eigenvalue weighted by molar-refractivity contribution is 7.99. The molecular formula is C19H14N4O4S2. The van der Waals surface area contributed by atoms with Crippen molar-refractivity contribution >= 4 is 38.5 Å². The summed E-state index contributed by atoms with van der Waals surface area (Å²) in [6.45, 7) is 0. The number of rotatable bonds is 6. The van der Waals surface area contributed by atoms with Gasteiger partial charge in [0.25, 0.3) is 15.7 Å². The van der Waals surface area contributed by atoms with Crippen LogP contribution in [0.1, 0.15) is 5.69 Å². The third-order valence-electron chi connectivity index (χ3n) is 4.15. The van der Waals surface area contributed by atoms with Gasteiger partial charge >= 0.3 is 0 Å². The number of nitrogens with zero attached hydrogens (tertiary/aromatic N) is 4. The van der Waals surface area contributed by atoms with E-state index < -0.39 is 20.6 Å². The number of thioether (sulfide) groups is 1. The quantitative estimate of drug-likeness (QED) is 0.262. The van der Waals surface area contributed by atoms with Crippen molar-refractivity contribution in [2.75, 3.05) is 0 Å². The molecule has 4 aromatic rings. The van der Waals surface area contributed by atoms with Crippen LogP contribution in [0.3, 0.4) is 0 Å². The molecule has 0 amide bonds. The number of nitro groups is 1. The maximum atomic E-state index is 13.5. The Morgan fingerprint density at radius 2 is 1.72 bits per heavy atom. The number of nitro benzene ring substituents is 1. The maximum absolute atomic E-state index is 13.5. The summed E-state index contributed by atoms with van der Waals surface area (Å²) in [5.41, 5.74) is 1.12. The summed E-state index contributed by atoms with van der Waals surface area (Å²) in [4.78, 5) is 19.0. The minimum absolute atomic E-state index is 0.218. The second-order valence-corrected chi connectivity index (χ2v) is 8.68. The van der Waals surface area contributed by atoms with E-state index in [9.17, 15) is 18.5 Å². The Bertz CT molecular complexity index is 1300. The van der Waals surface area contributed by atoms with E-state index in [2.05, 4.69) is 9.97 Å². The number of para-hydroxylation sites is 3. The van der Waals surface area contributed by atoms with E-state index in [0.717, 1.165) is 9.67 Å². The second kappa shape index (κ2) is 7.64. The van der Waals surface area contributed by atoms with E-state index in [1.165, 1.54) is 36.0 Å². The number of imidazole rings is 1. The number of fused-ring (bicyclic) bond motifs is 1. The minimum Gasteiger partial charge on any atom is -0.260 e. The Hall–Kier alpha value is -3.24. The van der Waals surface area contributed by atoms with Gasteiger partial charge in [0.2, 0.25) is 0 Å². The van der Waals surface area contributed by atoms with E-state index in [4.69, 9.17) is 0 Å². The number of aromatic nitrogens is 3. The zero-order valence-electron chi connectivity index (χ0n) is 14.9. The Morgan fingerprint density at radius 3 is 2.48 bits per heavy atom. The molecule has 4 rings (SSSR count). The van der Waals surface area contributed by atoms with Gasteiger partial charge in [0.05, 0.1) is 21.7 Å². The van der Waals surface area contributed by atoms with Crippen LogP contribution in [0.25, 0.3) is 11.0 Å². The van der Waals surface area contributed by atoms with Gasteiger partial charge in [-0.25, -0.2) is 17.4 Å². The first-order valence-corrected chi connectivity index (χ1v) is 10.9. The molecule has 0 spiro atoms. The van der Waals surface area contributed by atoms with E-state index in [1.54, 1.807) is 36.5 Å². The first-order chi connectivity index (χ1) is 14.0. The molecule has 2 heterocycles. The number of hydrogen-bond donors (Lipinski definition) is 0. The lowest BCUT2D eigenvalue weighted by atomic mass is 10.3. The van der Waals surface area contributed by atoms with Crippen LogP contribution in [0.5, 0.6) is 0 Å². The number of hydrogen-bond acceptors (Lipinski definition) is 7. The molecule has 0 fully saturated rings. The third-order valence-corrected chi connectivity index (χ3v) is 6.98. The van der Waals surface area contributed by atoms with Gasteiger partial charge < -0.3 is 0 Å². The summed E-state index contributed by atoms with van der Waals surface area (Å²) < 4.78 is 28.0. The Morgan fingerprint density at radius 1 is 1.00 bits per heavy atom. The highest BCUT2D eigenvalue weighted by Gasteiger charge is 2.30. The van der Waals surface area contributed by atoms with E-state index >= 15 is 0 Å². The Labute approximate surface area is 170 Å². The fourth-order valence-electron chi connectivity index (χ4n) is 2.85. The molecule has 0 unspecified atom stereocenters. The zero-order chi connectivity index (χ0) is 20.4. The van der Waals surface area contributed by atoms with Gasteiger partial charge in [-0.1, -0.05) is 42.1 Å². The van der Waals surface area contributed by atoms with Crippen molar-refractivity contribution in [3.05, 3.63) is 88.7 Å². The molecule has 146 valence electrons. The molecule has 0 N–H and O–H groups in total. The van der Waals surface area contributed by atoms with Gasteiger partial charge in [-0.05, 0) is 30.3 Å². The molecule has 29 heavy (non-hydrogen) atoms. The van der Waals surface area contributed by atoms with Gasteiger partial charge in [-0.3, -0.25) is 15.1 Å². The van der Waals surface area contributed by atoms with E-state index in [1.807, 2.05) is 12.1 Å². The second-order valence-electron chi connectivity index (χ2n) is 5.99. The van der Waals surface area contributed by atoms with E-state index in [0.29, 0.717) is 16.8 Å². The summed E-state index contributed by atoms with van der Waals surface area (Å²) in [5, 5.41) is 11.6. The average molecular weight is 426 g/mol. The zero-order valence-corrected chi connectivity index (χ0v) is 16.5. The van der Waals surface area contributed by atoms with Crippen LogP contribution in [0.2, 0.25) is 0 Å². The van der Waals surface area contributed by atoms with Crippen LogP contribution in [0.15, 0.2) is 83.0 Å². The average Bonchev–Trinajstić information content (AvgIpc) is 3.12. The maximum Gasteiger partial charge on any atom is 0.289 e. The summed E-state index contributed by atoms with van der Waals surface area (Å²) in [6.07, 6.45) is 1.66. The van der Waals surface area contributed by atoms with Crippen molar-refractivity contribution in [3.63, 3.8) is 0 Å². The molecule has 0 saturated heterocycles. The predicted molar refractivity (Wildman–Crippen MR) is 109 cm³/mol. The first-order valence-electron chi connectivity index (χ1n) is 8.47. The highest BCUT2D eigenvalue weighted by Crippen LogP contribution is 2.33. The van der Waals surface area contributed by atoms with Crippen LogP contribution in [-0.2, 0) is 15.8 Å². The van der Waals surface area contributed by atoms with Crippen molar-refractivity contribution in [3.8, 4) is 0 Å². The first kappa shape index (κ1) is 19.1. The number of benzene rings is 2. The lowest BCUT2D eigenvalue weighted by Crippen LogP contribution is -2.15. The van der Waals surface area contributed by atoms with Crippen LogP contribution in [0.4, 0.5) is 5.69 Å². The highest BCUT2D eigenvalue weighted by atomic mass is 32.2. The lowest BCUT2D eigenvalue weighted by molar-refractivity contribution is -0.387. The molecule has 10 heteroatoms. The predicted octanol–water partition coefficient (Wildman–Crippen LogP) is 3.87. The van der Waals surface area contributed by atoms with Gasteiger partial charge in [0.1, 0.15) is 0 Å². The van der Waals surface area contributed by atoms with Crippen molar-refractivity contribution in [2.24, 2.45) is 0 Å². The molecule has 0 bridgehead atoms. The summed E-state index contributed by atoms with van der Waals surface area (Å²) in [7, 11) is -4.26. The third kappa shape index (κ3) is 3.59. The van der Waals surface area contributed by atoms with Crippen molar-refractivity contribution in [2.45, 2.75) is 15.8 Å². The summed E-state index contributed by atoms with van der Waals surface area (Å²) in [5.74, 6) is 0.399. The van der Waals surface area contributed by atoms with Crippen molar-refractivity contribution < 1.29 is 13.3 Å². The molecule has 0 atom stereocenters. The van der Waals surface area contributed by atoms with Gasteiger partial charge in [-0.15, -0.1) is 0 Å². The number of pyridine rings is 1. The van der Waals surface area contributed by atoms with E-state index in [-0.39, 0.29) is 10.1 Å². The standard InChI is InChI=1S/C19H14N4O4S2/c24-23(25)17-10-3-4-11-18(17)29(26,27)22-16-9-2-1-8-15(16)21-19(22)28-13-14-7-5-6-12-20-14/h1-12H,13H2. The minimum atomic E-state index is -4.26. The topological polar surface area (TPSA) is 108 Å². The fraction of sp³-hybridized carbons (Fsp3) is 0.0526. The molecule has 0 aliphatic heterocycles. The molecule has 0 saturated carbocycles. The Balaban J connectivity index is 1.87. The van der Waals surface area contributed by atoms with Crippen LogP contribution < -0.4 is 0 Å². The van der Waals surface area contributed by atoms with Crippen LogP contribution in [-0.4, -0.2) is 27.3 Å². The molecule has 2 aromatic heterocycles. The molecule has 0 radical (unpaired) electrons. The van der Waals surface area contributed by atoms with Gasteiger partial charge in [0.15, 0.2) is 10.1 Å². The molecule has 0 aliphatic carbocycles.